The topological polar surface area (TPSA) is 95.6 Å². The fraction of sp³-hybridized carbons (Fsp3) is 0.263. The molecule has 0 aliphatic carbocycles. The van der Waals surface area contributed by atoms with Crippen molar-refractivity contribution in [2.75, 3.05) is 6.54 Å². The molecule has 3 rings (SSSR count). The van der Waals surface area contributed by atoms with Gasteiger partial charge in [-0.2, -0.15) is 4.31 Å². The number of carbonyl (C=O) groups is 2. The smallest absolute Gasteiger partial charge is 0.256 e. The average molecular weight is 423 g/mol. The van der Waals surface area contributed by atoms with Gasteiger partial charge in [0.1, 0.15) is 17.7 Å². The molecule has 7 nitrogen and oxygen atoms in total. The third kappa shape index (κ3) is 4.96. The van der Waals surface area contributed by atoms with E-state index in [4.69, 9.17) is 0 Å². The zero-order valence-corrected chi connectivity index (χ0v) is 16.1. The number of halogens is 2. The molecule has 2 aromatic rings. The molecule has 1 fully saturated rings. The fourth-order valence-electron chi connectivity index (χ4n) is 3.08. The third-order valence-corrected chi connectivity index (χ3v) is 6.45. The first-order valence-corrected chi connectivity index (χ1v) is 10.3. The summed E-state index contributed by atoms with van der Waals surface area (Å²) in [6, 6.07) is 8.70. The summed E-state index contributed by atoms with van der Waals surface area (Å²) in [4.78, 5) is 24.3. The van der Waals surface area contributed by atoms with Gasteiger partial charge in [0.05, 0.1) is 11.3 Å². The van der Waals surface area contributed by atoms with E-state index in [1.54, 1.807) is 0 Å². The van der Waals surface area contributed by atoms with E-state index in [-0.39, 0.29) is 17.9 Å². The van der Waals surface area contributed by atoms with Crippen LogP contribution in [0, 0.1) is 11.6 Å². The number of benzene rings is 2. The van der Waals surface area contributed by atoms with Crippen LogP contribution in [0.1, 0.15) is 18.4 Å². The maximum atomic E-state index is 13.1. The molecule has 1 heterocycles. The van der Waals surface area contributed by atoms with Crippen molar-refractivity contribution in [1.29, 1.82) is 0 Å². The average Bonchev–Trinajstić information content (AvgIpc) is 3.19. The van der Waals surface area contributed by atoms with Gasteiger partial charge in [-0.15, -0.1) is 0 Å². The summed E-state index contributed by atoms with van der Waals surface area (Å²) in [6.07, 6.45) is 0.685. The van der Waals surface area contributed by atoms with Crippen molar-refractivity contribution in [1.82, 2.24) is 15.2 Å². The highest BCUT2D eigenvalue weighted by Gasteiger charge is 2.39. The van der Waals surface area contributed by atoms with Gasteiger partial charge in [0.25, 0.3) is 5.91 Å². The van der Waals surface area contributed by atoms with Crippen LogP contribution in [0.25, 0.3) is 0 Å². The Bertz CT molecular complexity index is 995. The molecular weight excluding hydrogens is 404 g/mol. The molecule has 2 N–H and O–H groups in total. The lowest BCUT2D eigenvalue weighted by Gasteiger charge is -2.23. The van der Waals surface area contributed by atoms with Gasteiger partial charge >= 0.3 is 0 Å². The van der Waals surface area contributed by atoms with Crippen LogP contribution in [0.4, 0.5) is 8.78 Å². The number of nitrogens with one attached hydrogen (secondary N) is 2. The van der Waals surface area contributed by atoms with E-state index in [9.17, 15) is 26.8 Å². The van der Waals surface area contributed by atoms with Gasteiger partial charge in [0, 0.05) is 6.54 Å². The molecule has 29 heavy (non-hydrogen) atoms. The number of sulfonamides is 1. The van der Waals surface area contributed by atoms with Gasteiger partial charge in [-0.1, -0.05) is 12.1 Å². The number of hydrogen-bond donors (Lipinski definition) is 2. The van der Waals surface area contributed by atoms with E-state index in [1.165, 1.54) is 24.3 Å². The summed E-state index contributed by atoms with van der Waals surface area (Å²) in [5.74, 6) is -2.19. The standard InChI is InChI=1S/C19H19F2N3O4S/c20-14-5-3-13(4-6-14)12-18(25)22-23-19(26)17-2-1-11-24(17)29(27,28)16-9-7-15(21)8-10-16/h3-10,17H,1-2,11-12H2,(H,22,25)(H,23,26). The Balaban J connectivity index is 1.61. The van der Waals surface area contributed by atoms with E-state index in [1.807, 2.05) is 0 Å². The van der Waals surface area contributed by atoms with E-state index in [0.29, 0.717) is 18.4 Å². The van der Waals surface area contributed by atoms with E-state index in [0.717, 1.165) is 28.6 Å². The van der Waals surface area contributed by atoms with Crippen LogP contribution >= 0.6 is 0 Å². The summed E-state index contributed by atoms with van der Waals surface area (Å²) in [5, 5.41) is 0. The molecule has 0 aromatic heterocycles. The Kier molecular flexibility index (Phi) is 6.23. The van der Waals surface area contributed by atoms with Crippen molar-refractivity contribution < 1.29 is 26.8 Å². The highest BCUT2D eigenvalue weighted by molar-refractivity contribution is 7.89. The summed E-state index contributed by atoms with van der Waals surface area (Å²) in [6.45, 7) is 0.140. The van der Waals surface area contributed by atoms with Crippen molar-refractivity contribution in [3.8, 4) is 0 Å². The molecule has 1 saturated heterocycles. The largest absolute Gasteiger partial charge is 0.273 e. The molecule has 0 bridgehead atoms. The first kappa shape index (κ1) is 20.9. The summed E-state index contributed by atoms with van der Waals surface area (Å²) in [7, 11) is -3.98. The third-order valence-electron chi connectivity index (χ3n) is 4.53. The van der Waals surface area contributed by atoms with E-state index < -0.39 is 39.5 Å². The molecule has 0 saturated carbocycles. The second kappa shape index (κ2) is 8.66. The van der Waals surface area contributed by atoms with Gasteiger partial charge in [0.15, 0.2) is 0 Å². The molecular formula is C19H19F2N3O4S. The van der Waals surface area contributed by atoms with Gasteiger partial charge in [0.2, 0.25) is 15.9 Å². The van der Waals surface area contributed by atoms with Gasteiger partial charge in [-0.05, 0) is 54.8 Å². The Hall–Kier alpha value is -2.85. The lowest BCUT2D eigenvalue weighted by Crippen LogP contribution is -2.51. The summed E-state index contributed by atoms with van der Waals surface area (Å²) in [5.41, 5.74) is 5.03. The van der Waals surface area contributed by atoms with E-state index >= 15 is 0 Å². The fourth-order valence-corrected chi connectivity index (χ4v) is 4.73. The van der Waals surface area contributed by atoms with Crippen LogP contribution in [0.3, 0.4) is 0 Å². The van der Waals surface area contributed by atoms with Crippen molar-refractivity contribution in [2.24, 2.45) is 0 Å². The first-order valence-electron chi connectivity index (χ1n) is 8.88. The summed E-state index contributed by atoms with van der Waals surface area (Å²) < 4.78 is 52.6. The van der Waals surface area contributed by atoms with Crippen LogP contribution in [0.2, 0.25) is 0 Å². The Morgan fingerprint density at radius 2 is 1.55 bits per heavy atom. The molecule has 0 spiro atoms. The van der Waals surface area contributed by atoms with Gasteiger partial charge in [-0.25, -0.2) is 17.2 Å². The molecule has 0 radical (unpaired) electrons. The Labute approximate surface area is 166 Å². The monoisotopic (exact) mass is 423 g/mol. The maximum Gasteiger partial charge on any atom is 0.256 e. The molecule has 154 valence electrons. The first-order chi connectivity index (χ1) is 13.8. The number of nitrogens with zero attached hydrogens (tertiary/aromatic N) is 1. The number of hydrogen-bond acceptors (Lipinski definition) is 4. The van der Waals surface area contributed by atoms with Gasteiger partial charge in [-0.3, -0.25) is 20.4 Å². The van der Waals surface area contributed by atoms with Crippen molar-refractivity contribution in [3.63, 3.8) is 0 Å². The van der Waals surface area contributed by atoms with Crippen molar-refractivity contribution >= 4 is 21.8 Å². The molecule has 2 amide bonds. The second-order valence-electron chi connectivity index (χ2n) is 6.57. The highest BCUT2D eigenvalue weighted by atomic mass is 32.2. The van der Waals surface area contributed by atoms with E-state index in [2.05, 4.69) is 10.9 Å². The number of carbonyl (C=O) groups excluding carboxylic acids is 2. The van der Waals surface area contributed by atoms with Crippen LogP contribution in [-0.2, 0) is 26.0 Å². The molecule has 1 aliphatic heterocycles. The minimum absolute atomic E-state index is 0.0805. The number of rotatable bonds is 5. The number of amides is 2. The molecule has 1 unspecified atom stereocenters. The molecule has 2 aromatic carbocycles. The quantitative estimate of drug-likeness (QED) is 0.713. The Morgan fingerprint density at radius 1 is 0.966 bits per heavy atom. The minimum Gasteiger partial charge on any atom is -0.273 e. The summed E-state index contributed by atoms with van der Waals surface area (Å²) >= 11 is 0. The maximum absolute atomic E-state index is 13.1. The van der Waals surface area contributed by atoms with Gasteiger partial charge < -0.3 is 0 Å². The molecule has 1 atom stereocenters. The predicted octanol–water partition coefficient (Wildman–Crippen LogP) is 1.51. The highest BCUT2D eigenvalue weighted by Crippen LogP contribution is 2.26. The van der Waals surface area contributed by atoms with Crippen LogP contribution in [0.5, 0.6) is 0 Å². The zero-order chi connectivity index (χ0) is 21.0. The normalized spacial score (nSPS) is 17.1. The van der Waals surface area contributed by atoms with Crippen molar-refractivity contribution in [3.05, 3.63) is 65.7 Å². The molecule has 10 heteroatoms. The van der Waals surface area contributed by atoms with Crippen LogP contribution in [0.15, 0.2) is 53.4 Å². The SMILES string of the molecule is O=C(Cc1ccc(F)cc1)NNC(=O)C1CCCN1S(=O)(=O)c1ccc(F)cc1. The lowest BCUT2D eigenvalue weighted by molar-refractivity contribution is -0.130. The predicted molar refractivity (Wildman–Crippen MR) is 99.7 cm³/mol. The number of hydrazine groups is 1. The van der Waals surface area contributed by atoms with Crippen LogP contribution in [-0.4, -0.2) is 37.1 Å². The minimum atomic E-state index is -3.98. The Morgan fingerprint density at radius 3 is 2.17 bits per heavy atom. The lowest BCUT2D eigenvalue weighted by atomic mass is 10.1. The molecule has 1 aliphatic rings. The van der Waals surface area contributed by atoms with Crippen molar-refractivity contribution in [2.45, 2.75) is 30.2 Å². The van der Waals surface area contributed by atoms with Crippen LogP contribution < -0.4 is 10.9 Å². The zero-order valence-electron chi connectivity index (χ0n) is 15.3. The second-order valence-corrected chi connectivity index (χ2v) is 8.46.